The van der Waals surface area contributed by atoms with Crippen molar-refractivity contribution in [3.05, 3.63) is 42.2 Å². The molecular formula is C17H18FN5O3. The fraction of sp³-hybridized carbons (Fsp3) is 0.353. The summed E-state index contributed by atoms with van der Waals surface area (Å²) in [6.45, 7) is 3.39. The number of H-pyrrole nitrogens is 1. The summed E-state index contributed by atoms with van der Waals surface area (Å²) in [4.78, 5) is 19.6. The van der Waals surface area contributed by atoms with Gasteiger partial charge >= 0.3 is 0 Å². The number of hydrogen-bond donors (Lipinski definition) is 2. The van der Waals surface area contributed by atoms with Gasteiger partial charge in [0.2, 0.25) is 0 Å². The van der Waals surface area contributed by atoms with Crippen molar-refractivity contribution in [3.8, 4) is 5.75 Å². The van der Waals surface area contributed by atoms with Gasteiger partial charge in [-0.1, -0.05) is 0 Å². The van der Waals surface area contributed by atoms with Gasteiger partial charge in [0.1, 0.15) is 17.4 Å². The summed E-state index contributed by atoms with van der Waals surface area (Å²) in [6.07, 6.45) is 4.49. The van der Waals surface area contributed by atoms with Crippen molar-refractivity contribution < 1.29 is 18.7 Å². The van der Waals surface area contributed by atoms with Crippen LogP contribution in [0.25, 0.3) is 11.0 Å². The van der Waals surface area contributed by atoms with Crippen molar-refractivity contribution in [2.24, 2.45) is 0 Å². The van der Waals surface area contributed by atoms with E-state index in [2.05, 4.69) is 20.4 Å². The number of ether oxygens (including phenoxy) is 2. The number of nitrogens with zero attached hydrogens (tertiary/aromatic N) is 3. The van der Waals surface area contributed by atoms with Crippen molar-refractivity contribution in [2.45, 2.75) is 25.6 Å². The van der Waals surface area contributed by atoms with E-state index in [0.717, 1.165) is 6.54 Å². The van der Waals surface area contributed by atoms with Crippen LogP contribution in [0.4, 0.5) is 4.39 Å². The molecule has 0 spiro atoms. The molecule has 136 valence electrons. The Balaban J connectivity index is 1.50. The molecule has 8 nitrogen and oxygen atoms in total. The van der Waals surface area contributed by atoms with Gasteiger partial charge in [0.15, 0.2) is 5.75 Å². The van der Waals surface area contributed by atoms with Crippen molar-refractivity contribution in [2.75, 3.05) is 13.2 Å². The topological polar surface area (TPSA) is 94.1 Å². The van der Waals surface area contributed by atoms with E-state index < -0.39 is 11.7 Å². The second kappa shape index (κ2) is 6.75. The van der Waals surface area contributed by atoms with Gasteiger partial charge in [-0.2, -0.15) is 5.10 Å². The molecule has 9 heteroatoms. The van der Waals surface area contributed by atoms with Crippen LogP contribution in [0.2, 0.25) is 0 Å². The van der Waals surface area contributed by atoms with E-state index in [9.17, 15) is 9.18 Å². The lowest BCUT2D eigenvalue weighted by Gasteiger charge is -2.19. The van der Waals surface area contributed by atoms with Crippen LogP contribution in [-0.4, -0.2) is 51.0 Å². The lowest BCUT2D eigenvalue weighted by molar-refractivity contribution is 0.0905. The summed E-state index contributed by atoms with van der Waals surface area (Å²) in [5.41, 5.74) is 1.06. The molecule has 1 aliphatic rings. The molecular weight excluding hydrogens is 341 g/mol. The average Bonchev–Trinajstić information content (AvgIpc) is 3.35. The molecule has 2 atom stereocenters. The third-order valence-corrected chi connectivity index (χ3v) is 4.30. The zero-order valence-electron chi connectivity index (χ0n) is 14.1. The van der Waals surface area contributed by atoms with Crippen LogP contribution in [0.15, 0.2) is 30.9 Å². The van der Waals surface area contributed by atoms with Crippen molar-refractivity contribution in [1.82, 2.24) is 25.1 Å². The Labute approximate surface area is 148 Å². The van der Waals surface area contributed by atoms with Gasteiger partial charge in [-0.25, -0.2) is 9.37 Å². The highest BCUT2D eigenvalue weighted by atomic mass is 19.1. The molecule has 1 amide bonds. The first-order chi connectivity index (χ1) is 12.6. The quantitative estimate of drug-likeness (QED) is 0.720. The number of carbonyl (C=O) groups excluding carboxylic acids is 1. The van der Waals surface area contributed by atoms with Crippen molar-refractivity contribution in [1.29, 1.82) is 0 Å². The SMILES string of the molecule is CCn1cc(O[C@@H]2COC[C@@H]2NC(=O)c2cc(F)cc3[nH]cnc23)cn1. The Morgan fingerprint density at radius 1 is 1.50 bits per heavy atom. The first-order valence-corrected chi connectivity index (χ1v) is 8.34. The lowest BCUT2D eigenvalue weighted by atomic mass is 10.1. The molecule has 2 N–H and O–H groups in total. The number of amides is 1. The summed E-state index contributed by atoms with van der Waals surface area (Å²) in [7, 11) is 0. The van der Waals surface area contributed by atoms with Gasteiger partial charge < -0.3 is 19.8 Å². The van der Waals surface area contributed by atoms with Crippen LogP contribution >= 0.6 is 0 Å². The maximum Gasteiger partial charge on any atom is 0.254 e. The number of rotatable bonds is 5. The fourth-order valence-corrected chi connectivity index (χ4v) is 2.97. The van der Waals surface area contributed by atoms with Gasteiger partial charge in [0.25, 0.3) is 5.91 Å². The van der Waals surface area contributed by atoms with Gasteiger partial charge in [-0.15, -0.1) is 0 Å². The highest BCUT2D eigenvalue weighted by Crippen LogP contribution is 2.20. The number of halogens is 1. The number of nitrogens with one attached hydrogen (secondary N) is 2. The summed E-state index contributed by atoms with van der Waals surface area (Å²) < 4.78 is 26.8. The van der Waals surface area contributed by atoms with Crippen molar-refractivity contribution in [3.63, 3.8) is 0 Å². The van der Waals surface area contributed by atoms with Crippen LogP contribution in [-0.2, 0) is 11.3 Å². The standard InChI is InChI=1S/C17H18FN5O3/c1-2-23-6-11(5-21-23)26-15-8-25-7-14(15)22-17(24)12-3-10(18)4-13-16(12)20-9-19-13/h3-6,9,14-15H,2,7-8H2,1H3,(H,19,20)(H,22,24)/t14-,15+/m0/s1. The molecule has 1 saturated heterocycles. The number of aryl methyl sites for hydroxylation is 1. The minimum absolute atomic E-state index is 0.172. The molecule has 0 aliphatic carbocycles. The zero-order chi connectivity index (χ0) is 18.1. The molecule has 0 saturated carbocycles. The molecule has 0 bridgehead atoms. The first kappa shape index (κ1) is 16.5. The van der Waals surface area contributed by atoms with Crippen LogP contribution in [0.1, 0.15) is 17.3 Å². The predicted octanol–water partition coefficient (Wildman–Crippen LogP) is 1.49. The lowest BCUT2D eigenvalue weighted by Crippen LogP contribution is -2.45. The van der Waals surface area contributed by atoms with Crippen LogP contribution < -0.4 is 10.1 Å². The minimum Gasteiger partial charge on any atom is -0.482 e. The molecule has 1 aliphatic heterocycles. The van der Waals surface area contributed by atoms with E-state index in [1.54, 1.807) is 17.1 Å². The zero-order valence-corrected chi connectivity index (χ0v) is 14.1. The van der Waals surface area contributed by atoms with E-state index in [0.29, 0.717) is 30.0 Å². The van der Waals surface area contributed by atoms with Gasteiger partial charge in [-0.05, 0) is 19.1 Å². The Kier molecular flexibility index (Phi) is 4.29. The fourth-order valence-electron chi connectivity index (χ4n) is 2.97. The number of fused-ring (bicyclic) bond motifs is 1. The molecule has 0 radical (unpaired) electrons. The highest BCUT2D eigenvalue weighted by Gasteiger charge is 2.32. The second-order valence-corrected chi connectivity index (χ2v) is 6.06. The van der Waals surface area contributed by atoms with Gasteiger partial charge in [0, 0.05) is 6.54 Å². The Morgan fingerprint density at radius 3 is 3.19 bits per heavy atom. The van der Waals surface area contributed by atoms with E-state index in [-0.39, 0.29) is 17.7 Å². The Morgan fingerprint density at radius 2 is 2.38 bits per heavy atom. The maximum absolute atomic E-state index is 13.8. The van der Waals surface area contributed by atoms with Crippen LogP contribution in [0.5, 0.6) is 5.75 Å². The molecule has 0 unspecified atom stereocenters. The Hall–Kier alpha value is -2.94. The number of imidazole rings is 1. The third kappa shape index (κ3) is 3.13. The number of benzene rings is 1. The third-order valence-electron chi connectivity index (χ3n) is 4.30. The molecule has 1 aromatic carbocycles. The van der Waals surface area contributed by atoms with E-state index in [1.807, 2.05) is 6.92 Å². The largest absolute Gasteiger partial charge is 0.482 e. The number of aromatic amines is 1. The van der Waals surface area contributed by atoms with E-state index in [4.69, 9.17) is 9.47 Å². The average molecular weight is 359 g/mol. The van der Waals surface area contributed by atoms with Gasteiger partial charge in [-0.3, -0.25) is 9.48 Å². The number of carbonyl (C=O) groups is 1. The maximum atomic E-state index is 13.8. The molecule has 3 heterocycles. The molecule has 2 aromatic heterocycles. The molecule has 26 heavy (non-hydrogen) atoms. The molecule has 3 aromatic rings. The van der Waals surface area contributed by atoms with Crippen molar-refractivity contribution >= 4 is 16.9 Å². The summed E-state index contributed by atoms with van der Waals surface area (Å²) >= 11 is 0. The Bertz CT molecular complexity index is 938. The summed E-state index contributed by atoms with van der Waals surface area (Å²) in [5, 5.41) is 7.02. The normalized spacial score (nSPS) is 19.8. The van der Waals surface area contributed by atoms with Gasteiger partial charge in [0.05, 0.1) is 49.1 Å². The van der Waals surface area contributed by atoms with Crippen LogP contribution in [0, 0.1) is 5.82 Å². The van der Waals surface area contributed by atoms with E-state index in [1.165, 1.54) is 18.5 Å². The van der Waals surface area contributed by atoms with Crippen LogP contribution in [0.3, 0.4) is 0 Å². The van der Waals surface area contributed by atoms with E-state index >= 15 is 0 Å². The number of hydrogen-bond acceptors (Lipinski definition) is 5. The first-order valence-electron chi connectivity index (χ1n) is 8.34. The monoisotopic (exact) mass is 359 g/mol. The highest BCUT2D eigenvalue weighted by molar-refractivity contribution is 6.05. The summed E-state index contributed by atoms with van der Waals surface area (Å²) in [5.74, 6) is -0.314. The second-order valence-electron chi connectivity index (χ2n) is 6.06. The molecule has 4 rings (SSSR count). The molecule has 1 fully saturated rings. The number of aromatic nitrogens is 4. The summed E-state index contributed by atoms with van der Waals surface area (Å²) in [6, 6.07) is 2.12. The minimum atomic E-state index is -0.505. The predicted molar refractivity (Wildman–Crippen MR) is 90.4 cm³/mol. The smallest absolute Gasteiger partial charge is 0.254 e.